The van der Waals surface area contributed by atoms with Crippen LogP contribution in [0.1, 0.15) is 41.3 Å². The number of carboxylic acid groups (broad SMARTS) is 1. The number of unbranched alkanes of at least 4 members (excludes halogenated alkanes) is 1. The van der Waals surface area contributed by atoms with Gasteiger partial charge in [-0.3, -0.25) is 0 Å². The number of aromatic carboxylic acids is 1. The second-order valence-corrected chi connectivity index (χ2v) is 3.57. The zero-order valence-electron chi connectivity index (χ0n) is 8.71. The Morgan fingerprint density at radius 2 is 2.14 bits per heavy atom. The first kappa shape index (κ1) is 10.8. The molecule has 0 aliphatic heterocycles. The van der Waals surface area contributed by atoms with Crippen molar-refractivity contribution in [2.75, 3.05) is 0 Å². The lowest BCUT2D eigenvalue weighted by Crippen LogP contribution is -2.02. The van der Waals surface area contributed by atoms with E-state index in [1.807, 2.05) is 19.1 Å². The van der Waals surface area contributed by atoms with E-state index in [2.05, 4.69) is 6.92 Å². The summed E-state index contributed by atoms with van der Waals surface area (Å²) in [4.78, 5) is 10.9. The Morgan fingerprint density at radius 3 is 2.71 bits per heavy atom. The first-order chi connectivity index (χ1) is 6.65. The van der Waals surface area contributed by atoms with Crippen LogP contribution in [-0.2, 0) is 6.42 Å². The summed E-state index contributed by atoms with van der Waals surface area (Å²) >= 11 is 0. The molecule has 0 heterocycles. The Morgan fingerprint density at radius 1 is 1.43 bits per heavy atom. The van der Waals surface area contributed by atoms with Crippen LogP contribution in [0.2, 0.25) is 0 Å². The molecule has 0 atom stereocenters. The largest absolute Gasteiger partial charge is 0.478 e. The van der Waals surface area contributed by atoms with Crippen molar-refractivity contribution >= 4 is 5.97 Å². The fraction of sp³-hybridized carbons (Fsp3) is 0.417. The third kappa shape index (κ3) is 2.59. The molecule has 0 amide bonds. The van der Waals surface area contributed by atoms with Crippen LogP contribution in [0, 0.1) is 6.92 Å². The van der Waals surface area contributed by atoms with Crippen LogP contribution < -0.4 is 0 Å². The molecule has 0 saturated heterocycles. The van der Waals surface area contributed by atoms with Crippen molar-refractivity contribution in [3.05, 3.63) is 34.9 Å². The summed E-state index contributed by atoms with van der Waals surface area (Å²) in [5.74, 6) is -0.823. The number of hydrogen-bond acceptors (Lipinski definition) is 1. The maximum absolute atomic E-state index is 10.9. The fourth-order valence-electron chi connectivity index (χ4n) is 1.51. The van der Waals surface area contributed by atoms with Crippen LogP contribution >= 0.6 is 0 Å². The van der Waals surface area contributed by atoms with Crippen LogP contribution in [-0.4, -0.2) is 11.1 Å². The maximum atomic E-state index is 10.9. The van der Waals surface area contributed by atoms with E-state index in [4.69, 9.17) is 5.11 Å². The molecule has 0 aliphatic carbocycles. The number of aryl methyl sites for hydroxylation is 2. The van der Waals surface area contributed by atoms with Crippen molar-refractivity contribution in [3.8, 4) is 0 Å². The highest BCUT2D eigenvalue weighted by Crippen LogP contribution is 2.14. The van der Waals surface area contributed by atoms with Gasteiger partial charge in [0.05, 0.1) is 5.56 Å². The van der Waals surface area contributed by atoms with Gasteiger partial charge in [-0.15, -0.1) is 0 Å². The van der Waals surface area contributed by atoms with Gasteiger partial charge in [-0.1, -0.05) is 31.0 Å². The third-order valence-corrected chi connectivity index (χ3v) is 2.29. The van der Waals surface area contributed by atoms with E-state index in [1.54, 1.807) is 6.07 Å². The molecule has 0 aliphatic rings. The molecule has 76 valence electrons. The summed E-state index contributed by atoms with van der Waals surface area (Å²) in [5, 5.41) is 8.96. The monoisotopic (exact) mass is 192 g/mol. The number of carboxylic acids is 1. The van der Waals surface area contributed by atoms with Crippen molar-refractivity contribution in [3.63, 3.8) is 0 Å². The van der Waals surface area contributed by atoms with Gasteiger partial charge < -0.3 is 5.11 Å². The second kappa shape index (κ2) is 4.80. The summed E-state index contributed by atoms with van der Waals surface area (Å²) in [5.41, 5.74) is 2.53. The van der Waals surface area contributed by atoms with Crippen LogP contribution in [0.3, 0.4) is 0 Å². The van der Waals surface area contributed by atoms with E-state index < -0.39 is 5.97 Å². The van der Waals surface area contributed by atoms with Crippen LogP contribution in [0.5, 0.6) is 0 Å². The number of carbonyl (C=O) groups is 1. The highest BCUT2D eigenvalue weighted by Gasteiger charge is 2.08. The molecule has 0 aromatic heterocycles. The smallest absolute Gasteiger partial charge is 0.335 e. The minimum atomic E-state index is -0.823. The zero-order valence-corrected chi connectivity index (χ0v) is 8.71. The number of benzene rings is 1. The Bertz CT molecular complexity index is 329. The Balaban J connectivity index is 2.97. The molecule has 0 unspecified atom stereocenters. The summed E-state index contributed by atoms with van der Waals surface area (Å²) in [7, 11) is 0. The van der Waals surface area contributed by atoms with Crippen molar-refractivity contribution in [1.82, 2.24) is 0 Å². The molecule has 1 aromatic carbocycles. The SMILES string of the molecule is CCCCc1cc(C)ccc1C(=O)O. The van der Waals surface area contributed by atoms with Crippen molar-refractivity contribution < 1.29 is 9.90 Å². The van der Waals surface area contributed by atoms with Crippen molar-refractivity contribution in [2.24, 2.45) is 0 Å². The lowest BCUT2D eigenvalue weighted by atomic mass is 10.00. The highest BCUT2D eigenvalue weighted by atomic mass is 16.4. The Labute approximate surface area is 84.6 Å². The summed E-state index contributed by atoms with van der Waals surface area (Å²) < 4.78 is 0. The molecule has 0 bridgehead atoms. The fourth-order valence-corrected chi connectivity index (χ4v) is 1.51. The molecule has 2 nitrogen and oxygen atoms in total. The highest BCUT2D eigenvalue weighted by molar-refractivity contribution is 5.89. The van der Waals surface area contributed by atoms with Crippen LogP contribution in [0.25, 0.3) is 0 Å². The van der Waals surface area contributed by atoms with Crippen LogP contribution in [0.4, 0.5) is 0 Å². The minimum Gasteiger partial charge on any atom is -0.478 e. The average molecular weight is 192 g/mol. The van der Waals surface area contributed by atoms with Gasteiger partial charge >= 0.3 is 5.97 Å². The quantitative estimate of drug-likeness (QED) is 0.796. The predicted octanol–water partition coefficient (Wildman–Crippen LogP) is 3.04. The van der Waals surface area contributed by atoms with E-state index >= 15 is 0 Å². The van der Waals surface area contributed by atoms with E-state index in [0.717, 1.165) is 30.4 Å². The first-order valence-corrected chi connectivity index (χ1v) is 4.98. The Kier molecular flexibility index (Phi) is 3.69. The summed E-state index contributed by atoms with van der Waals surface area (Å²) in [6.07, 6.45) is 3.00. The predicted molar refractivity (Wildman–Crippen MR) is 56.8 cm³/mol. The number of rotatable bonds is 4. The van der Waals surface area contributed by atoms with Crippen molar-refractivity contribution in [1.29, 1.82) is 0 Å². The second-order valence-electron chi connectivity index (χ2n) is 3.57. The van der Waals surface area contributed by atoms with E-state index in [0.29, 0.717) is 5.56 Å². The van der Waals surface area contributed by atoms with E-state index in [-0.39, 0.29) is 0 Å². The van der Waals surface area contributed by atoms with Gasteiger partial charge in [-0.2, -0.15) is 0 Å². The molecule has 1 aromatic rings. The maximum Gasteiger partial charge on any atom is 0.335 e. The normalized spacial score (nSPS) is 10.1. The molecule has 0 saturated carbocycles. The van der Waals surface area contributed by atoms with Gasteiger partial charge in [-0.25, -0.2) is 4.79 Å². The summed E-state index contributed by atoms with van der Waals surface area (Å²) in [6, 6.07) is 5.51. The molecular weight excluding hydrogens is 176 g/mol. The molecule has 1 rings (SSSR count). The molecular formula is C12H16O2. The number of hydrogen-bond donors (Lipinski definition) is 1. The van der Waals surface area contributed by atoms with Gasteiger partial charge in [0.2, 0.25) is 0 Å². The van der Waals surface area contributed by atoms with Crippen molar-refractivity contribution in [2.45, 2.75) is 33.1 Å². The van der Waals surface area contributed by atoms with E-state index in [9.17, 15) is 4.79 Å². The molecule has 0 fully saturated rings. The standard InChI is InChI=1S/C12H16O2/c1-3-4-5-10-8-9(2)6-7-11(10)12(13)14/h6-8H,3-5H2,1-2H3,(H,13,14). The Hall–Kier alpha value is -1.31. The lowest BCUT2D eigenvalue weighted by molar-refractivity contribution is 0.0695. The molecule has 14 heavy (non-hydrogen) atoms. The molecule has 0 radical (unpaired) electrons. The third-order valence-electron chi connectivity index (χ3n) is 2.29. The average Bonchev–Trinajstić information content (AvgIpc) is 2.14. The first-order valence-electron chi connectivity index (χ1n) is 4.98. The van der Waals surface area contributed by atoms with Gasteiger partial charge in [0.15, 0.2) is 0 Å². The summed E-state index contributed by atoms with van der Waals surface area (Å²) in [6.45, 7) is 4.09. The minimum absolute atomic E-state index is 0.448. The van der Waals surface area contributed by atoms with Gasteiger partial charge in [0, 0.05) is 0 Å². The van der Waals surface area contributed by atoms with Gasteiger partial charge in [-0.05, 0) is 31.4 Å². The van der Waals surface area contributed by atoms with Gasteiger partial charge in [0.25, 0.3) is 0 Å². The molecule has 2 heteroatoms. The topological polar surface area (TPSA) is 37.3 Å². The van der Waals surface area contributed by atoms with Gasteiger partial charge in [0.1, 0.15) is 0 Å². The molecule has 0 spiro atoms. The lowest BCUT2D eigenvalue weighted by Gasteiger charge is -2.06. The molecule has 1 N–H and O–H groups in total. The van der Waals surface area contributed by atoms with Crippen LogP contribution in [0.15, 0.2) is 18.2 Å². The van der Waals surface area contributed by atoms with E-state index in [1.165, 1.54) is 0 Å². The zero-order chi connectivity index (χ0) is 10.6.